The van der Waals surface area contributed by atoms with Crippen LogP contribution in [-0.2, 0) is 6.42 Å². The molecule has 0 aliphatic heterocycles. The summed E-state index contributed by atoms with van der Waals surface area (Å²) in [5, 5.41) is 20.0. The van der Waals surface area contributed by atoms with Gasteiger partial charge in [0.25, 0.3) is 0 Å². The molecule has 2 aromatic rings. The monoisotopic (exact) mass is 326 g/mol. The van der Waals surface area contributed by atoms with Crippen molar-refractivity contribution in [2.75, 3.05) is 0 Å². The zero-order valence-corrected chi connectivity index (χ0v) is 14.2. The van der Waals surface area contributed by atoms with Crippen LogP contribution in [-0.4, -0.2) is 22.1 Å². The number of ketones is 1. The number of rotatable bonds is 9. The first-order valence-electron chi connectivity index (χ1n) is 8.71. The van der Waals surface area contributed by atoms with Crippen LogP contribution in [0.1, 0.15) is 60.5 Å². The molecular formula is C21H26O3. The smallest absolute Gasteiger partial charge is 0.196 e. The molecule has 0 saturated heterocycles. The average Bonchev–Trinajstić information content (AvgIpc) is 2.60. The van der Waals surface area contributed by atoms with E-state index in [1.807, 2.05) is 24.3 Å². The highest BCUT2D eigenvalue weighted by atomic mass is 16.3. The molecule has 0 heterocycles. The van der Waals surface area contributed by atoms with Crippen LogP contribution in [0.4, 0.5) is 0 Å². The van der Waals surface area contributed by atoms with E-state index in [-0.39, 0.29) is 17.6 Å². The Balaban J connectivity index is 1.94. The Morgan fingerprint density at radius 2 is 1.75 bits per heavy atom. The summed E-state index contributed by atoms with van der Waals surface area (Å²) in [6.07, 6.45) is 5.20. The van der Waals surface area contributed by atoms with Crippen molar-refractivity contribution in [2.24, 2.45) is 0 Å². The van der Waals surface area contributed by atoms with Crippen molar-refractivity contribution in [2.45, 2.75) is 51.6 Å². The zero-order valence-electron chi connectivity index (χ0n) is 14.2. The van der Waals surface area contributed by atoms with E-state index in [0.29, 0.717) is 11.1 Å². The maximum Gasteiger partial charge on any atom is 0.196 e. The van der Waals surface area contributed by atoms with Gasteiger partial charge in [-0.05, 0) is 43.4 Å². The van der Waals surface area contributed by atoms with E-state index in [4.69, 9.17) is 0 Å². The number of aromatic hydroxyl groups is 1. The SMILES string of the molecule is CCCCC(O)CCCc1ccc(C(=O)c2ccccc2)c(O)c1. The highest BCUT2D eigenvalue weighted by Crippen LogP contribution is 2.23. The lowest BCUT2D eigenvalue weighted by Crippen LogP contribution is -2.06. The standard InChI is InChI=1S/C21H26O3/c1-2-3-11-18(22)12-7-8-16-13-14-19(20(23)15-16)21(24)17-9-5-4-6-10-17/h4-6,9-10,13-15,18,22-23H,2-3,7-8,11-12H2,1H3. The third-order valence-corrected chi connectivity index (χ3v) is 4.24. The van der Waals surface area contributed by atoms with Gasteiger partial charge in [-0.3, -0.25) is 4.79 Å². The summed E-state index contributed by atoms with van der Waals surface area (Å²) in [7, 11) is 0. The molecule has 0 aromatic heterocycles. The summed E-state index contributed by atoms with van der Waals surface area (Å²) in [5.41, 5.74) is 1.88. The predicted molar refractivity (Wildman–Crippen MR) is 96.5 cm³/mol. The van der Waals surface area contributed by atoms with E-state index in [0.717, 1.165) is 44.1 Å². The number of carbonyl (C=O) groups excluding carboxylic acids is 1. The van der Waals surface area contributed by atoms with Crippen LogP contribution in [0, 0.1) is 0 Å². The van der Waals surface area contributed by atoms with Gasteiger partial charge in [-0.25, -0.2) is 0 Å². The molecule has 0 fully saturated rings. The number of phenols is 1. The van der Waals surface area contributed by atoms with Gasteiger partial charge in [0.15, 0.2) is 5.78 Å². The molecule has 24 heavy (non-hydrogen) atoms. The Hall–Kier alpha value is -2.13. The summed E-state index contributed by atoms with van der Waals surface area (Å²) in [5.74, 6) is -0.150. The number of carbonyl (C=O) groups is 1. The molecule has 2 rings (SSSR count). The molecule has 0 aliphatic rings. The normalized spacial score (nSPS) is 12.1. The fourth-order valence-electron chi connectivity index (χ4n) is 2.80. The molecule has 0 saturated carbocycles. The maximum atomic E-state index is 12.4. The van der Waals surface area contributed by atoms with Gasteiger partial charge in [0.1, 0.15) is 5.75 Å². The van der Waals surface area contributed by atoms with E-state index < -0.39 is 0 Å². The number of benzene rings is 2. The number of phenolic OH excluding ortho intramolecular Hbond substituents is 1. The molecule has 1 unspecified atom stereocenters. The van der Waals surface area contributed by atoms with E-state index in [1.54, 1.807) is 24.3 Å². The second-order valence-electron chi connectivity index (χ2n) is 6.23. The molecule has 0 amide bonds. The Kier molecular flexibility index (Phi) is 7.01. The van der Waals surface area contributed by atoms with E-state index >= 15 is 0 Å². The highest BCUT2D eigenvalue weighted by Gasteiger charge is 2.13. The van der Waals surface area contributed by atoms with Crippen LogP contribution in [0.5, 0.6) is 5.75 Å². The molecule has 3 nitrogen and oxygen atoms in total. The van der Waals surface area contributed by atoms with Gasteiger partial charge >= 0.3 is 0 Å². The summed E-state index contributed by atoms with van der Waals surface area (Å²) in [6, 6.07) is 14.2. The number of aliphatic hydroxyl groups is 1. The summed E-state index contributed by atoms with van der Waals surface area (Å²) in [6.45, 7) is 2.12. The Morgan fingerprint density at radius 3 is 2.42 bits per heavy atom. The van der Waals surface area contributed by atoms with Crippen LogP contribution in [0.15, 0.2) is 48.5 Å². The topological polar surface area (TPSA) is 57.5 Å². The van der Waals surface area contributed by atoms with E-state index in [9.17, 15) is 15.0 Å². The van der Waals surface area contributed by atoms with Gasteiger partial charge in [-0.1, -0.05) is 56.2 Å². The minimum atomic E-state index is -0.238. The summed E-state index contributed by atoms with van der Waals surface area (Å²) < 4.78 is 0. The third kappa shape index (κ3) is 5.20. The van der Waals surface area contributed by atoms with E-state index in [2.05, 4.69) is 6.92 Å². The average molecular weight is 326 g/mol. The van der Waals surface area contributed by atoms with Gasteiger partial charge in [-0.2, -0.15) is 0 Å². The third-order valence-electron chi connectivity index (χ3n) is 4.24. The van der Waals surface area contributed by atoms with Crippen molar-refractivity contribution < 1.29 is 15.0 Å². The molecule has 2 N–H and O–H groups in total. The first-order valence-corrected chi connectivity index (χ1v) is 8.71. The van der Waals surface area contributed by atoms with Crippen molar-refractivity contribution >= 4 is 5.78 Å². The van der Waals surface area contributed by atoms with E-state index in [1.165, 1.54) is 0 Å². The summed E-state index contributed by atoms with van der Waals surface area (Å²) >= 11 is 0. The Labute approximate surface area is 144 Å². The second kappa shape index (κ2) is 9.24. The molecule has 0 spiro atoms. The lowest BCUT2D eigenvalue weighted by Gasteiger charge is -2.10. The van der Waals surface area contributed by atoms with Crippen LogP contribution in [0.25, 0.3) is 0 Å². The van der Waals surface area contributed by atoms with Crippen molar-refractivity contribution in [3.63, 3.8) is 0 Å². The van der Waals surface area contributed by atoms with Crippen molar-refractivity contribution in [1.82, 2.24) is 0 Å². The molecule has 3 heteroatoms. The minimum absolute atomic E-state index is 0.0212. The maximum absolute atomic E-state index is 12.4. The van der Waals surface area contributed by atoms with Crippen molar-refractivity contribution in [3.8, 4) is 5.75 Å². The fourth-order valence-corrected chi connectivity index (χ4v) is 2.80. The molecule has 0 radical (unpaired) electrons. The van der Waals surface area contributed by atoms with Crippen molar-refractivity contribution in [3.05, 3.63) is 65.2 Å². The molecule has 1 atom stereocenters. The number of hydrogen-bond acceptors (Lipinski definition) is 3. The first-order chi connectivity index (χ1) is 11.6. The van der Waals surface area contributed by atoms with Crippen LogP contribution in [0.3, 0.4) is 0 Å². The Bertz CT molecular complexity index is 649. The number of aryl methyl sites for hydroxylation is 1. The highest BCUT2D eigenvalue weighted by molar-refractivity contribution is 6.10. The van der Waals surface area contributed by atoms with Gasteiger partial charge in [0, 0.05) is 5.56 Å². The Morgan fingerprint density at radius 1 is 1.04 bits per heavy atom. The van der Waals surface area contributed by atoms with Gasteiger partial charge < -0.3 is 10.2 Å². The predicted octanol–water partition coefficient (Wildman–Crippen LogP) is 4.50. The van der Waals surface area contributed by atoms with Gasteiger partial charge in [0.2, 0.25) is 0 Å². The lowest BCUT2D eigenvalue weighted by molar-refractivity contribution is 0.103. The molecule has 0 bridgehead atoms. The van der Waals surface area contributed by atoms with Gasteiger partial charge in [0.05, 0.1) is 11.7 Å². The van der Waals surface area contributed by atoms with Gasteiger partial charge in [-0.15, -0.1) is 0 Å². The van der Waals surface area contributed by atoms with Crippen LogP contribution in [0.2, 0.25) is 0 Å². The molecular weight excluding hydrogens is 300 g/mol. The second-order valence-corrected chi connectivity index (χ2v) is 6.23. The number of hydrogen-bond donors (Lipinski definition) is 2. The van der Waals surface area contributed by atoms with Crippen molar-refractivity contribution in [1.29, 1.82) is 0 Å². The van der Waals surface area contributed by atoms with Crippen LogP contribution >= 0.6 is 0 Å². The number of aliphatic hydroxyl groups excluding tert-OH is 1. The van der Waals surface area contributed by atoms with Crippen LogP contribution < -0.4 is 0 Å². The first kappa shape index (κ1) is 18.2. The molecule has 128 valence electrons. The quantitative estimate of drug-likeness (QED) is 0.667. The summed E-state index contributed by atoms with van der Waals surface area (Å²) in [4.78, 5) is 12.4. The molecule has 2 aromatic carbocycles. The minimum Gasteiger partial charge on any atom is -0.507 e. The lowest BCUT2D eigenvalue weighted by atomic mass is 9.98. The largest absolute Gasteiger partial charge is 0.507 e. The fraction of sp³-hybridized carbons (Fsp3) is 0.381. The number of unbranched alkanes of at least 4 members (excludes halogenated alkanes) is 1. The zero-order chi connectivity index (χ0) is 17.4. The molecule has 0 aliphatic carbocycles.